The summed E-state index contributed by atoms with van der Waals surface area (Å²) in [5, 5.41) is 2.89. The Morgan fingerprint density at radius 2 is 2.25 bits per heavy atom. The Labute approximate surface area is 131 Å². The van der Waals surface area contributed by atoms with Crippen molar-refractivity contribution in [2.75, 3.05) is 12.3 Å². The van der Waals surface area contributed by atoms with Gasteiger partial charge in [-0.05, 0) is 42.8 Å². The van der Waals surface area contributed by atoms with Gasteiger partial charge in [0, 0.05) is 22.3 Å². The van der Waals surface area contributed by atoms with Crippen LogP contribution in [-0.4, -0.2) is 18.2 Å². The minimum atomic E-state index is 0.0453. The summed E-state index contributed by atoms with van der Waals surface area (Å²) in [7, 11) is 0. The van der Waals surface area contributed by atoms with Crippen LogP contribution in [0.4, 0.5) is 0 Å². The van der Waals surface area contributed by atoms with Crippen molar-refractivity contribution in [2.45, 2.75) is 18.2 Å². The molecule has 0 radical (unpaired) electrons. The molecule has 1 N–H and O–H groups in total. The topological polar surface area (TPSA) is 42.2 Å². The van der Waals surface area contributed by atoms with Gasteiger partial charge in [-0.2, -0.15) is 0 Å². The lowest BCUT2D eigenvalue weighted by Gasteiger charge is -2.07. The molecule has 20 heavy (non-hydrogen) atoms. The molecule has 0 unspecified atom stereocenters. The molecule has 1 aromatic heterocycles. The highest BCUT2D eigenvalue weighted by molar-refractivity contribution is 9.10. The molecule has 0 saturated heterocycles. The molecule has 2 aromatic rings. The van der Waals surface area contributed by atoms with Crippen LogP contribution in [0.25, 0.3) is 0 Å². The van der Waals surface area contributed by atoms with Crippen LogP contribution in [0.1, 0.15) is 11.3 Å². The first-order valence-electron chi connectivity index (χ1n) is 6.33. The fourth-order valence-corrected chi connectivity index (χ4v) is 3.06. The van der Waals surface area contributed by atoms with E-state index in [1.54, 1.807) is 18.0 Å². The first-order valence-corrected chi connectivity index (χ1v) is 8.11. The van der Waals surface area contributed by atoms with Crippen molar-refractivity contribution in [2.24, 2.45) is 0 Å². The van der Waals surface area contributed by atoms with Gasteiger partial charge in [-0.3, -0.25) is 4.79 Å². The molecule has 0 aliphatic rings. The third-order valence-corrected chi connectivity index (χ3v) is 4.44. The Balaban J connectivity index is 1.72. The van der Waals surface area contributed by atoms with Crippen LogP contribution in [0.5, 0.6) is 0 Å². The maximum atomic E-state index is 11.8. The molecule has 0 aliphatic carbocycles. The Hall–Kier alpha value is -1.20. The van der Waals surface area contributed by atoms with Crippen molar-refractivity contribution in [1.29, 1.82) is 0 Å². The van der Waals surface area contributed by atoms with Gasteiger partial charge in [0.25, 0.3) is 0 Å². The Morgan fingerprint density at radius 1 is 1.40 bits per heavy atom. The smallest absolute Gasteiger partial charge is 0.230 e. The molecular weight excluding hydrogens is 338 g/mol. The largest absolute Gasteiger partial charge is 0.469 e. The Kier molecular flexibility index (Phi) is 5.73. The Morgan fingerprint density at radius 3 is 2.95 bits per heavy atom. The van der Waals surface area contributed by atoms with E-state index in [1.807, 2.05) is 31.2 Å². The molecule has 0 atom stereocenters. The van der Waals surface area contributed by atoms with Crippen molar-refractivity contribution in [1.82, 2.24) is 5.32 Å². The summed E-state index contributed by atoms with van der Waals surface area (Å²) >= 11 is 4.99. The number of hydrogen-bond acceptors (Lipinski definition) is 3. The third-order valence-electron chi connectivity index (χ3n) is 2.77. The van der Waals surface area contributed by atoms with Crippen LogP contribution in [0.2, 0.25) is 0 Å². The van der Waals surface area contributed by atoms with Crippen molar-refractivity contribution in [3.8, 4) is 0 Å². The number of hydrogen-bond donors (Lipinski definition) is 1. The molecule has 0 fully saturated rings. The number of rotatable bonds is 6. The molecule has 0 saturated carbocycles. The monoisotopic (exact) mass is 353 g/mol. The summed E-state index contributed by atoms with van der Waals surface area (Å²) in [6.07, 6.45) is 2.37. The molecule has 1 amide bonds. The predicted molar refractivity (Wildman–Crippen MR) is 85.0 cm³/mol. The van der Waals surface area contributed by atoms with Gasteiger partial charge in [0.2, 0.25) is 5.91 Å². The number of benzene rings is 1. The molecule has 5 heteroatoms. The minimum absolute atomic E-state index is 0.0453. The molecule has 3 nitrogen and oxygen atoms in total. The van der Waals surface area contributed by atoms with Gasteiger partial charge >= 0.3 is 0 Å². The van der Waals surface area contributed by atoms with E-state index < -0.39 is 0 Å². The first-order chi connectivity index (χ1) is 9.65. The molecule has 0 bridgehead atoms. The third kappa shape index (κ3) is 4.72. The second-order valence-corrected chi connectivity index (χ2v) is 6.31. The standard InChI is InChI=1S/C15H16BrNO2S/c1-11-9-12(16)4-5-14(11)20-10-15(18)17-7-6-13-3-2-8-19-13/h2-5,8-9H,6-7,10H2,1H3,(H,17,18). The van der Waals surface area contributed by atoms with E-state index in [0.29, 0.717) is 12.3 Å². The van der Waals surface area contributed by atoms with Crippen molar-refractivity contribution in [3.63, 3.8) is 0 Å². The van der Waals surface area contributed by atoms with Crippen molar-refractivity contribution < 1.29 is 9.21 Å². The average molecular weight is 354 g/mol. The quantitative estimate of drug-likeness (QED) is 0.803. The normalized spacial score (nSPS) is 10.5. The van der Waals surface area contributed by atoms with Gasteiger partial charge in [0.1, 0.15) is 5.76 Å². The fraction of sp³-hybridized carbons (Fsp3) is 0.267. The zero-order valence-corrected chi connectivity index (χ0v) is 13.6. The maximum absolute atomic E-state index is 11.8. The molecule has 0 spiro atoms. The lowest BCUT2D eigenvalue weighted by Crippen LogP contribution is -2.27. The van der Waals surface area contributed by atoms with E-state index in [9.17, 15) is 4.79 Å². The van der Waals surface area contributed by atoms with E-state index in [4.69, 9.17) is 4.42 Å². The number of amides is 1. The SMILES string of the molecule is Cc1cc(Br)ccc1SCC(=O)NCCc1ccco1. The van der Waals surface area contributed by atoms with E-state index in [-0.39, 0.29) is 5.91 Å². The van der Waals surface area contributed by atoms with Crippen LogP contribution >= 0.6 is 27.7 Å². The van der Waals surface area contributed by atoms with Gasteiger partial charge in [-0.15, -0.1) is 11.8 Å². The van der Waals surface area contributed by atoms with Gasteiger partial charge in [0.15, 0.2) is 0 Å². The van der Waals surface area contributed by atoms with Crippen LogP contribution < -0.4 is 5.32 Å². The van der Waals surface area contributed by atoms with Crippen LogP contribution in [0, 0.1) is 6.92 Å². The number of aryl methyl sites for hydroxylation is 1. The van der Waals surface area contributed by atoms with Crippen molar-refractivity contribution >= 4 is 33.6 Å². The molecule has 1 aromatic carbocycles. The van der Waals surface area contributed by atoms with Crippen LogP contribution in [-0.2, 0) is 11.2 Å². The minimum Gasteiger partial charge on any atom is -0.469 e. The van der Waals surface area contributed by atoms with Crippen LogP contribution in [0.15, 0.2) is 50.4 Å². The number of carbonyl (C=O) groups is 1. The average Bonchev–Trinajstić information content (AvgIpc) is 2.91. The number of nitrogens with one attached hydrogen (secondary N) is 1. The second kappa shape index (κ2) is 7.55. The van der Waals surface area contributed by atoms with Gasteiger partial charge in [0.05, 0.1) is 12.0 Å². The van der Waals surface area contributed by atoms with E-state index in [0.717, 1.165) is 21.5 Å². The Bertz CT molecular complexity index is 569. The number of halogens is 1. The zero-order chi connectivity index (χ0) is 14.4. The molecule has 1 heterocycles. The number of carbonyl (C=O) groups excluding carboxylic acids is 1. The maximum Gasteiger partial charge on any atom is 0.230 e. The zero-order valence-electron chi connectivity index (χ0n) is 11.2. The molecular formula is C15H16BrNO2S. The molecule has 0 aliphatic heterocycles. The summed E-state index contributed by atoms with van der Waals surface area (Å²) in [5.41, 5.74) is 1.17. The highest BCUT2D eigenvalue weighted by atomic mass is 79.9. The van der Waals surface area contributed by atoms with Gasteiger partial charge in [-0.25, -0.2) is 0 Å². The molecule has 2 rings (SSSR count). The lowest BCUT2D eigenvalue weighted by atomic mass is 10.2. The van der Waals surface area contributed by atoms with Crippen molar-refractivity contribution in [3.05, 3.63) is 52.4 Å². The first kappa shape index (κ1) is 15.2. The van der Waals surface area contributed by atoms with E-state index in [2.05, 4.69) is 27.3 Å². The van der Waals surface area contributed by atoms with Gasteiger partial charge < -0.3 is 9.73 Å². The van der Waals surface area contributed by atoms with E-state index >= 15 is 0 Å². The highest BCUT2D eigenvalue weighted by Gasteiger charge is 2.05. The predicted octanol–water partition coefficient (Wildman–Crippen LogP) is 3.80. The summed E-state index contributed by atoms with van der Waals surface area (Å²) in [4.78, 5) is 12.9. The summed E-state index contributed by atoms with van der Waals surface area (Å²) in [6, 6.07) is 9.83. The summed E-state index contributed by atoms with van der Waals surface area (Å²) in [6.45, 7) is 2.65. The summed E-state index contributed by atoms with van der Waals surface area (Å²) in [5.74, 6) is 1.37. The van der Waals surface area contributed by atoms with Crippen LogP contribution in [0.3, 0.4) is 0 Å². The second-order valence-electron chi connectivity index (χ2n) is 4.38. The highest BCUT2D eigenvalue weighted by Crippen LogP contribution is 2.24. The fourth-order valence-electron chi connectivity index (χ4n) is 1.75. The molecule has 106 valence electrons. The summed E-state index contributed by atoms with van der Waals surface area (Å²) < 4.78 is 6.27. The van der Waals surface area contributed by atoms with E-state index in [1.165, 1.54) is 5.56 Å². The number of thioether (sulfide) groups is 1. The number of furan rings is 1. The lowest BCUT2D eigenvalue weighted by molar-refractivity contribution is -0.118. The van der Waals surface area contributed by atoms with Gasteiger partial charge in [-0.1, -0.05) is 15.9 Å².